The van der Waals surface area contributed by atoms with E-state index in [1.807, 2.05) is 0 Å². The number of carbonyl (C=O) groups excluding carboxylic acids is 1. The number of anilines is 1. The largest absolute Gasteiger partial charge is 0.495 e. The van der Waals surface area contributed by atoms with Crippen LogP contribution in [0, 0.1) is 0 Å². The smallest absolute Gasteiger partial charge is 0.244 e. The molecule has 2 fully saturated rings. The van der Waals surface area contributed by atoms with Crippen molar-refractivity contribution in [1.29, 1.82) is 0 Å². The molecule has 5 heteroatoms. The molecule has 1 N–H and O–H groups in total. The van der Waals surface area contributed by atoms with E-state index in [9.17, 15) is 4.79 Å². The summed E-state index contributed by atoms with van der Waals surface area (Å²) in [5.41, 5.74) is 0.764. The van der Waals surface area contributed by atoms with Gasteiger partial charge in [0.1, 0.15) is 5.75 Å². The number of nitrogens with zero attached hydrogens (tertiary/aromatic N) is 1. The van der Waals surface area contributed by atoms with Crippen molar-refractivity contribution in [2.75, 3.05) is 18.6 Å². The highest BCUT2D eigenvalue weighted by molar-refractivity contribution is 6.31. The number of benzene rings is 1. The zero-order valence-electron chi connectivity index (χ0n) is 10.9. The summed E-state index contributed by atoms with van der Waals surface area (Å²) in [5, 5.41) is 4.00. The van der Waals surface area contributed by atoms with E-state index < -0.39 is 0 Å². The predicted octanol–water partition coefficient (Wildman–Crippen LogP) is 2.21. The summed E-state index contributed by atoms with van der Waals surface area (Å²) in [7, 11) is 1.60. The summed E-state index contributed by atoms with van der Waals surface area (Å²) in [5.74, 6) is 0.803. The number of rotatable bonds is 4. The molecule has 1 aliphatic heterocycles. The van der Waals surface area contributed by atoms with Gasteiger partial charge in [-0.3, -0.25) is 4.79 Å². The average molecular weight is 281 g/mol. The standard InChI is InChI=1S/C14H17ClN2O2/c1-19-13-5-2-9(15)8-12(13)17-7-6-11(14(17)18)16-10-3-4-10/h2,5,8,10-11,16H,3-4,6-7H2,1H3. The molecule has 102 valence electrons. The molecule has 1 saturated heterocycles. The summed E-state index contributed by atoms with van der Waals surface area (Å²) >= 11 is 6.02. The lowest BCUT2D eigenvalue weighted by molar-refractivity contribution is -0.118. The Bertz CT molecular complexity index is 502. The Morgan fingerprint density at radius 2 is 2.16 bits per heavy atom. The fraction of sp³-hybridized carbons (Fsp3) is 0.500. The van der Waals surface area contributed by atoms with Gasteiger partial charge in [-0.05, 0) is 37.5 Å². The fourth-order valence-electron chi connectivity index (χ4n) is 2.48. The first kappa shape index (κ1) is 12.8. The first-order chi connectivity index (χ1) is 9.19. The zero-order valence-corrected chi connectivity index (χ0v) is 11.6. The topological polar surface area (TPSA) is 41.6 Å². The van der Waals surface area contributed by atoms with E-state index in [0.717, 1.165) is 12.1 Å². The quantitative estimate of drug-likeness (QED) is 0.919. The van der Waals surface area contributed by atoms with Crippen LogP contribution in [0.4, 0.5) is 5.69 Å². The summed E-state index contributed by atoms with van der Waals surface area (Å²) in [6, 6.07) is 5.83. The van der Waals surface area contributed by atoms with Crippen LogP contribution in [-0.2, 0) is 4.79 Å². The molecule has 1 aliphatic carbocycles. The summed E-state index contributed by atoms with van der Waals surface area (Å²) < 4.78 is 5.32. The van der Waals surface area contributed by atoms with E-state index >= 15 is 0 Å². The summed E-state index contributed by atoms with van der Waals surface area (Å²) in [6.07, 6.45) is 3.21. The number of hydrogen-bond acceptors (Lipinski definition) is 3. The minimum Gasteiger partial charge on any atom is -0.495 e. The first-order valence-corrected chi connectivity index (χ1v) is 6.98. The molecule has 3 rings (SSSR count). The second kappa shape index (κ2) is 5.02. The highest BCUT2D eigenvalue weighted by Gasteiger charge is 2.37. The number of nitrogens with one attached hydrogen (secondary N) is 1. The van der Waals surface area contributed by atoms with E-state index in [1.165, 1.54) is 12.8 Å². The van der Waals surface area contributed by atoms with Crippen LogP contribution >= 0.6 is 11.6 Å². The van der Waals surface area contributed by atoms with Gasteiger partial charge in [0.25, 0.3) is 0 Å². The van der Waals surface area contributed by atoms with Crippen molar-refractivity contribution in [2.24, 2.45) is 0 Å². The Morgan fingerprint density at radius 1 is 1.37 bits per heavy atom. The van der Waals surface area contributed by atoms with Crippen molar-refractivity contribution < 1.29 is 9.53 Å². The van der Waals surface area contributed by atoms with Crippen LogP contribution in [-0.4, -0.2) is 31.6 Å². The maximum Gasteiger partial charge on any atom is 0.244 e. The molecule has 0 bridgehead atoms. The number of ether oxygens (including phenoxy) is 1. The maximum absolute atomic E-state index is 12.4. The second-order valence-corrected chi connectivity index (χ2v) is 5.52. The molecule has 1 atom stereocenters. The van der Waals surface area contributed by atoms with Crippen molar-refractivity contribution in [2.45, 2.75) is 31.3 Å². The van der Waals surface area contributed by atoms with Crippen LogP contribution in [0.3, 0.4) is 0 Å². The molecule has 1 aromatic carbocycles. The van der Waals surface area contributed by atoms with Gasteiger partial charge in [-0.2, -0.15) is 0 Å². The maximum atomic E-state index is 12.4. The van der Waals surface area contributed by atoms with Gasteiger partial charge in [0.15, 0.2) is 0 Å². The highest BCUT2D eigenvalue weighted by atomic mass is 35.5. The molecular weight excluding hydrogens is 264 g/mol. The molecule has 1 saturated carbocycles. The Hall–Kier alpha value is -1.26. The van der Waals surface area contributed by atoms with E-state index in [1.54, 1.807) is 30.2 Å². The lowest BCUT2D eigenvalue weighted by atomic mass is 10.2. The lowest BCUT2D eigenvalue weighted by Crippen LogP contribution is -2.39. The van der Waals surface area contributed by atoms with Crippen LogP contribution in [0.25, 0.3) is 0 Å². The second-order valence-electron chi connectivity index (χ2n) is 5.09. The number of halogens is 1. The monoisotopic (exact) mass is 280 g/mol. The van der Waals surface area contributed by atoms with Crippen molar-refractivity contribution >= 4 is 23.2 Å². The normalized spacial score (nSPS) is 22.9. The van der Waals surface area contributed by atoms with Crippen LogP contribution in [0.1, 0.15) is 19.3 Å². The van der Waals surface area contributed by atoms with E-state index in [0.29, 0.717) is 23.4 Å². The minimum absolute atomic E-state index is 0.0591. The van der Waals surface area contributed by atoms with Crippen LogP contribution < -0.4 is 15.0 Å². The van der Waals surface area contributed by atoms with E-state index in [2.05, 4.69) is 5.32 Å². The molecule has 2 aliphatic rings. The zero-order chi connectivity index (χ0) is 13.4. The van der Waals surface area contributed by atoms with Gasteiger partial charge in [0.2, 0.25) is 5.91 Å². The van der Waals surface area contributed by atoms with Gasteiger partial charge in [0, 0.05) is 17.6 Å². The lowest BCUT2D eigenvalue weighted by Gasteiger charge is -2.20. The predicted molar refractivity (Wildman–Crippen MR) is 74.9 cm³/mol. The molecule has 1 heterocycles. The fourth-order valence-corrected chi connectivity index (χ4v) is 2.65. The third-order valence-electron chi connectivity index (χ3n) is 3.65. The third kappa shape index (κ3) is 2.55. The SMILES string of the molecule is COc1ccc(Cl)cc1N1CCC(NC2CC2)C1=O. The van der Waals surface area contributed by atoms with Gasteiger partial charge in [0.05, 0.1) is 18.8 Å². The third-order valence-corrected chi connectivity index (χ3v) is 3.89. The van der Waals surface area contributed by atoms with Crippen molar-refractivity contribution in [3.63, 3.8) is 0 Å². The number of hydrogen-bond donors (Lipinski definition) is 1. The minimum atomic E-state index is -0.0591. The Morgan fingerprint density at radius 3 is 2.84 bits per heavy atom. The number of carbonyl (C=O) groups is 1. The summed E-state index contributed by atoms with van der Waals surface area (Å²) in [6.45, 7) is 0.708. The molecule has 1 amide bonds. The molecule has 0 aromatic heterocycles. The van der Waals surface area contributed by atoms with E-state index in [-0.39, 0.29) is 11.9 Å². The molecule has 0 radical (unpaired) electrons. The van der Waals surface area contributed by atoms with E-state index in [4.69, 9.17) is 16.3 Å². The van der Waals surface area contributed by atoms with Gasteiger partial charge in [-0.15, -0.1) is 0 Å². The van der Waals surface area contributed by atoms with Gasteiger partial charge in [-0.25, -0.2) is 0 Å². The van der Waals surface area contributed by atoms with Gasteiger partial charge < -0.3 is 15.0 Å². The first-order valence-electron chi connectivity index (χ1n) is 6.60. The van der Waals surface area contributed by atoms with Crippen molar-refractivity contribution in [3.8, 4) is 5.75 Å². The van der Waals surface area contributed by atoms with Gasteiger partial charge in [-0.1, -0.05) is 11.6 Å². The number of methoxy groups -OCH3 is 1. The molecule has 1 unspecified atom stereocenters. The highest BCUT2D eigenvalue weighted by Crippen LogP contribution is 2.34. The molecule has 4 nitrogen and oxygen atoms in total. The van der Waals surface area contributed by atoms with Crippen molar-refractivity contribution in [1.82, 2.24) is 5.32 Å². The van der Waals surface area contributed by atoms with Crippen molar-refractivity contribution in [3.05, 3.63) is 23.2 Å². The Balaban J connectivity index is 1.82. The number of amides is 1. The molecule has 1 aromatic rings. The molecule has 19 heavy (non-hydrogen) atoms. The average Bonchev–Trinajstić information content (AvgIpc) is 3.14. The molecular formula is C14H17ClN2O2. The molecule has 0 spiro atoms. The summed E-state index contributed by atoms with van der Waals surface area (Å²) in [4.78, 5) is 14.2. The van der Waals surface area contributed by atoms with Crippen LogP contribution in [0.15, 0.2) is 18.2 Å². The van der Waals surface area contributed by atoms with Crippen LogP contribution in [0.2, 0.25) is 5.02 Å². The van der Waals surface area contributed by atoms with Gasteiger partial charge >= 0.3 is 0 Å². The Kier molecular flexibility index (Phi) is 3.37. The Labute approximate surface area is 117 Å². The van der Waals surface area contributed by atoms with Crippen LogP contribution in [0.5, 0.6) is 5.75 Å².